The maximum atomic E-state index is 12.7. The highest BCUT2D eigenvalue weighted by molar-refractivity contribution is 6.34. The van der Waals surface area contributed by atoms with E-state index in [0.29, 0.717) is 24.5 Å². The van der Waals surface area contributed by atoms with E-state index in [1.807, 2.05) is 41.4 Å². The van der Waals surface area contributed by atoms with Crippen LogP contribution < -0.4 is 0 Å². The zero-order chi connectivity index (χ0) is 17.4. The second-order valence-corrected chi connectivity index (χ2v) is 7.23. The largest absolute Gasteiger partial charge is 0.361 e. The first-order chi connectivity index (χ1) is 12.1. The molecule has 0 bridgehead atoms. The van der Waals surface area contributed by atoms with Crippen LogP contribution in [-0.2, 0) is 24.2 Å². The second kappa shape index (κ2) is 6.74. The number of carbonyl (C=O) groups excluding carboxylic acids is 1. The summed E-state index contributed by atoms with van der Waals surface area (Å²) in [5.74, 6) is 0.159. The van der Waals surface area contributed by atoms with Gasteiger partial charge in [0.25, 0.3) is 0 Å². The van der Waals surface area contributed by atoms with E-state index in [0.717, 1.165) is 34.5 Å². The van der Waals surface area contributed by atoms with Crippen LogP contribution in [-0.4, -0.2) is 22.3 Å². The Morgan fingerprint density at radius 3 is 2.68 bits per heavy atom. The van der Waals surface area contributed by atoms with Gasteiger partial charge >= 0.3 is 0 Å². The molecule has 128 valence electrons. The van der Waals surface area contributed by atoms with E-state index < -0.39 is 0 Å². The van der Waals surface area contributed by atoms with Crippen LogP contribution in [0.25, 0.3) is 10.9 Å². The summed E-state index contributed by atoms with van der Waals surface area (Å²) in [4.78, 5) is 17.8. The maximum absolute atomic E-state index is 12.7. The van der Waals surface area contributed by atoms with Crippen molar-refractivity contribution < 1.29 is 4.79 Å². The highest BCUT2D eigenvalue weighted by atomic mass is 35.5. The summed E-state index contributed by atoms with van der Waals surface area (Å²) in [6.07, 6.45) is 3.98. The highest BCUT2D eigenvalue weighted by Gasteiger charge is 2.24. The quantitative estimate of drug-likeness (QED) is 0.690. The Balaban J connectivity index is 1.46. The molecule has 1 aliphatic heterocycles. The summed E-state index contributed by atoms with van der Waals surface area (Å²) in [5, 5.41) is 2.62. The monoisotopic (exact) mass is 372 g/mol. The van der Waals surface area contributed by atoms with Crippen molar-refractivity contribution >= 4 is 40.0 Å². The number of aromatic amines is 1. The molecule has 0 radical (unpaired) electrons. The Labute approximate surface area is 156 Å². The molecule has 2 heterocycles. The molecule has 1 amide bonds. The summed E-state index contributed by atoms with van der Waals surface area (Å²) in [6.45, 7) is 1.24. The number of fused-ring (bicyclic) bond motifs is 2. The van der Waals surface area contributed by atoms with Gasteiger partial charge in [0.15, 0.2) is 0 Å². The van der Waals surface area contributed by atoms with E-state index in [4.69, 9.17) is 23.2 Å². The van der Waals surface area contributed by atoms with Crippen molar-refractivity contribution in [1.29, 1.82) is 0 Å². The fourth-order valence-corrected chi connectivity index (χ4v) is 4.05. The smallest absolute Gasteiger partial charge is 0.223 e. The van der Waals surface area contributed by atoms with Crippen molar-refractivity contribution in [3.05, 3.63) is 69.3 Å². The number of carbonyl (C=O) groups is 1. The number of rotatable bonds is 3. The molecule has 1 N–H and O–H groups in total. The van der Waals surface area contributed by atoms with Gasteiger partial charge in [-0.3, -0.25) is 4.79 Å². The minimum absolute atomic E-state index is 0.159. The number of aryl methyl sites for hydroxylation is 1. The average molecular weight is 373 g/mol. The Hall–Kier alpha value is -1.97. The lowest BCUT2D eigenvalue weighted by molar-refractivity contribution is -0.132. The molecule has 0 fully saturated rings. The number of nitrogens with zero attached hydrogens (tertiary/aromatic N) is 1. The number of benzene rings is 2. The molecule has 1 aliphatic rings. The number of para-hydroxylation sites is 1. The van der Waals surface area contributed by atoms with Crippen LogP contribution in [0.2, 0.25) is 10.0 Å². The molecule has 2 aromatic carbocycles. The molecule has 3 nitrogen and oxygen atoms in total. The van der Waals surface area contributed by atoms with Gasteiger partial charge in [0.05, 0.1) is 0 Å². The fourth-order valence-electron chi connectivity index (χ4n) is 3.54. The van der Waals surface area contributed by atoms with Gasteiger partial charge in [-0.2, -0.15) is 0 Å². The summed E-state index contributed by atoms with van der Waals surface area (Å²) in [7, 11) is 0. The normalized spacial score (nSPS) is 13.9. The number of amides is 1. The number of nitrogens with one attached hydrogen (secondary N) is 1. The van der Waals surface area contributed by atoms with E-state index >= 15 is 0 Å². The third-order valence-electron chi connectivity index (χ3n) is 4.93. The van der Waals surface area contributed by atoms with E-state index in [2.05, 4.69) is 11.1 Å². The van der Waals surface area contributed by atoms with Crippen LogP contribution in [0.3, 0.4) is 0 Å². The van der Waals surface area contributed by atoms with Gasteiger partial charge in [0, 0.05) is 46.7 Å². The third-order valence-corrected chi connectivity index (χ3v) is 5.64. The maximum Gasteiger partial charge on any atom is 0.223 e. The zero-order valence-corrected chi connectivity index (χ0v) is 15.2. The van der Waals surface area contributed by atoms with Crippen LogP contribution >= 0.6 is 23.2 Å². The third kappa shape index (κ3) is 3.14. The summed E-state index contributed by atoms with van der Waals surface area (Å²) in [6, 6.07) is 11.8. The molecule has 5 heteroatoms. The SMILES string of the molecule is O=C(CCc1c[nH]c2ccccc12)N1CCc2c(Cl)ccc(Cl)c2C1. The zero-order valence-electron chi connectivity index (χ0n) is 13.7. The van der Waals surface area contributed by atoms with Gasteiger partial charge < -0.3 is 9.88 Å². The number of hydrogen-bond donors (Lipinski definition) is 1. The first kappa shape index (κ1) is 16.5. The molecule has 0 saturated carbocycles. The molecule has 3 aromatic rings. The van der Waals surface area contributed by atoms with Gasteiger partial charge in [-0.25, -0.2) is 0 Å². The average Bonchev–Trinajstić information content (AvgIpc) is 3.06. The molecule has 0 atom stereocenters. The fraction of sp³-hybridized carbons (Fsp3) is 0.250. The van der Waals surface area contributed by atoms with Crippen LogP contribution in [0.4, 0.5) is 0 Å². The summed E-state index contributed by atoms with van der Waals surface area (Å²) < 4.78 is 0. The summed E-state index contributed by atoms with van der Waals surface area (Å²) in [5.41, 5.74) is 4.36. The van der Waals surface area contributed by atoms with Crippen molar-refractivity contribution in [3.8, 4) is 0 Å². The Bertz CT molecular complexity index is 948. The molecular formula is C20H18Cl2N2O. The standard InChI is InChI=1S/C20H18Cl2N2O/c21-17-6-7-18(22)16-12-24(10-9-15(16)17)20(25)8-5-13-11-23-19-4-2-1-3-14(13)19/h1-4,6-7,11,23H,5,8-10,12H2. The van der Waals surface area contributed by atoms with E-state index in [9.17, 15) is 4.79 Å². The van der Waals surface area contributed by atoms with Crippen LogP contribution in [0.15, 0.2) is 42.6 Å². The molecule has 0 aliphatic carbocycles. The first-order valence-corrected chi connectivity index (χ1v) is 9.17. The molecule has 1 aromatic heterocycles. The van der Waals surface area contributed by atoms with E-state index in [1.54, 1.807) is 0 Å². The van der Waals surface area contributed by atoms with Gasteiger partial charge in [-0.15, -0.1) is 0 Å². The molecule has 25 heavy (non-hydrogen) atoms. The van der Waals surface area contributed by atoms with Crippen LogP contribution in [0.1, 0.15) is 23.1 Å². The van der Waals surface area contributed by atoms with Crippen LogP contribution in [0.5, 0.6) is 0 Å². The molecule has 0 saturated heterocycles. The predicted molar refractivity (Wildman–Crippen MR) is 102 cm³/mol. The lowest BCUT2D eigenvalue weighted by atomic mass is 9.99. The van der Waals surface area contributed by atoms with Gasteiger partial charge in [-0.05, 0) is 47.7 Å². The van der Waals surface area contributed by atoms with Crippen molar-refractivity contribution in [1.82, 2.24) is 9.88 Å². The number of H-pyrrole nitrogens is 1. The second-order valence-electron chi connectivity index (χ2n) is 6.41. The topological polar surface area (TPSA) is 36.1 Å². The van der Waals surface area contributed by atoms with Crippen molar-refractivity contribution in [2.75, 3.05) is 6.54 Å². The van der Waals surface area contributed by atoms with E-state index in [-0.39, 0.29) is 5.91 Å². The first-order valence-electron chi connectivity index (χ1n) is 8.42. The Kier molecular flexibility index (Phi) is 4.45. The Morgan fingerprint density at radius 1 is 1.08 bits per heavy atom. The minimum Gasteiger partial charge on any atom is -0.361 e. The number of aromatic nitrogens is 1. The highest BCUT2D eigenvalue weighted by Crippen LogP contribution is 2.32. The number of hydrogen-bond acceptors (Lipinski definition) is 1. The number of halogens is 2. The van der Waals surface area contributed by atoms with E-state index in [1.165, 1.54) is 10.9 Å². The van der Waals surface area contributed by atoms with Crippen molar-refractivity contribution in [2.45, 2.75) is 25.8 Å². The van der Waals surface area contributed by atoms with Crippen molar-refractivity contribution in [2.24, 2.45) is 0 Å². The lowest BCUT2D eigenvalue weighted by Gasteiger charge is -2.30. The van der Waals surface area contributed by atoms with Gasteiger partial charge in [-0.1, -0.05) is 41.4 Å². The van der Waals surface area contributed by atoms with Crippen molar-refractivity contribution in [3.63, 3.8) is 0 Å². The molecule has 4 rings (SSSR count). The van der Waals surface area contributed by atoms with Gasteiger partial charge in [0.2, 0.25) is 5.91 Å². The Morgan fingerprint density at radius 2 is 1.84 bits per heavy atom. The van der Waals surface area contributed by atoms with Gasteiger partial charge in [0.1, 0.15) is 0 Å². The molecular weight excluding hydrogens is 355 g/mol. The molecule has 0 spiro atoms. The predicted octanol–water partition coefficient (Wildman–Crippen LogP) is 4.99. The molecule has 0 unspecified atom stereocenters. The summed E-state index contributed by atoms with van der Waals surface area (Å²) >= 11 is 12.6. The lowest BCUT2D eigenvalue weighted by Crippen LogP contribution is -2.36. The van der Waals surface area contributed by atoms with Crippen LogP contribution in [0, 0.1) is 0 Å². The minimum atomic E-state index is 0.159.